The van der Waals surface area contributed by atoms with E-state index in [1.54, 1.807) is 0 Å². The molecule has 0 aromatic carbocycles. The second-order valence-corrected chi connectivity index (χ2v) is 2.36. The third kappa shape index (κ3) is 8.83. The molecule has 0 saturated carbocycles. The zero-order chi connectivity index (χ0) is 8.69. The first-order valence-corrected chi connectivity index (χ1v) is 3.35. The van der Waals surface area contributed by atoms with Gasteiger partial charge in [0.25, 0.3) is 0 Å². The normalized spacial score (nSPS) is 7.73. The number of hydrogen-bond acceptors (Lipinski definition) is 3. The highest BCUT2D eigenvalue weighted by atomic mass is 79.9. The number of pyridine rings is 1. The Morgan fingerprint density at radius 1 is 1.55 bits per heavy atom. The van der Waals surface area contributed by atoms with Crippen LogP contribution in [0.1, 0.15) is 0 Å². The predicted octanol–water partition coefficient (Wildman–Crippen LogP) is 1.02. The summed E-state index contributed by atoms with van der Waals surface area (Å²) in [5.41, 5.74) is 0. The molecule has 1 N–H and O–H groups in total. The third-order valence-corrected chi connectivity index (χ3v) is 1.16. The molecule has 0 aliphatic carbocycles. The first-order valence-electron chi connectivity index (χ1n) is 2.56. The number of rotatable bonds is 0. The van der Waals surface area contributed by atoms with Gasteiger partial charge in [0.15, 0.2) is 12.4 Å². The van der Waals surface area contributed by atoms with Crippen molar-refractivity contribution in [2.45, 2.75) is 0 Å². The van der Waals surface area contributed by atoms with Gasteiger partial charge in [-0.25, -0.2) is 4.98 Å². The van der Waals surface area contributed by atoms with Crippen LogP contribution in [0.5, 0.6) is 0 Å². The summed E-state index contributed by atoms with van der Waals surface area (Å²) in [4.78, 5) is 11.2. The molecule has 0 atom stereocenters. The second-order valence-electron chi connectivity index (χ2n) is 1.45. The van der Waals surface area contributed by atoms with Gasteiger partial charge >= 0.3 is 0 Å². The van der Waals surface area contributed by atoms with Crippen LogP contribution in [0.3, 0.4) is 0 Å². The van der Waals surface area contributed by atoms with Crippen molar-refractivity contribution in [2.75, 3.05) is 0 Å². The van der Waals surface area contributed by atoms with E-state index >= 15 is 0 Å². The van der Waals surface area contributed by atoms with Crippen LogP contribution in [0.15, 0.2) is 29.0 Å². The van der Waals surface area contributed by atoms with Crippen LogP contribution >= 0.6 is 15.9 Å². The van der Waals surface area contributed by atoms with Crippen LogP contribution in [0, 0.1) is 15.3 Å². The SMILES string of the molecule is Brc1ccc[nH+]c1.O=[N+]([O-])[O-]. The van der Waals surface area contributed by atoms with Gasteiger partial charge in [-0.3, -0.25) is 0 Å². The van der Waals surface area contributed by atoms with Gasteiger partial charge < -0.3 is 15.3 Å². The largest absolute Gasteiger partial charge is 0.356 e. The number of halogens is 1. The monoisotopic (exact) mass is 220 g/mol. The van der Waals surface area contributed by atoms with E-state index < -0.39 is 5.09 Å². The van der Waals surface area contributed by atoms with Crippen LogP contribution in [0.2, 0.25) is 0 Å². The Hall–Kier alpha value is -1.17. The lowest BCUT2D eigenvalue weighted by Gasteiger charge is -1.74. The zero-order valence-corrected chi connectivity index (χ0v) is 6.95. The third-order valence-electron chi connectivity index (χ3n) is 0.669. The van der Waals surface area contributed by atoms with E-state index in [4.69, 9.17) is 15.3 Å². The first-order chi connectivity index (χ1) is 5.13. The van der Waals surface area contributed by atoms with E-state index in [0.29, 0.717) is 0 Å². The summed E-state index contributed by atoms with van der Waals surface area (Å²) in [6.45, 7) is 0. The van der Waals surface area contributed by atoms with Gasteiger partial charge in [0, 0.05) is 6.07 Å². The molecule has 0 aliphatic heterocycles. The number of hydrogen-bond donors (Lipinski definition) is 0. The molecule has 1 rings (SSSR count). The number of aromatic amines is 1. The topological polar surface area (TPSA) is 80.3 Å². The Labute approximate surface area is 70.9 Å². The fourth-order valence-electron chi connectivity index (χ4n) is 0.371. The maximum absolute atomic E-state index is 8.25. The van der Waals surface area contributed by atoms with Crippen molar-refractivity contribution in [1.82, 2.24) is 0 Å². The maximum atomic E-state index is 8.25. The number of nitrogens with zero attached hydrogens (tertiary/aromatic N) is 1. The molecule has 0 bridgehead atoms. The molecule has 1 heterocycles. The van der Waals surface area contributed by atoms with Crippen LogP contribution in [0.25, 0.3) is 0 Å². The second kappa shape index (κ2) is 5.60. The average Bonchev–Trinajstić information content (AvgIpc) is 1.87. The maximum Gasteiger partial charge on any atom is 0.181 e. The summed E-state index contributed by atoms with van der Waals surface area (Å²) in [7, 11) is 0. The number of H-pyrrole nitrogens is 1. The average molecular weight is 221 g/mol. The minimum absolute atomic E-state index is 1.08. The minimum Gasteiger partial charge on any atom is -0.356 e. The molecule has 1 aromatic heterocycles. The summed E-state index contributed by atoms with van der Waals surface area (Å²) in [6.07, 6.45) is 3.74. The summed E-state index contributed by atoms with van der Waals surface area (Å²) >= 11 is 3.28. The van der Waals surface area contributed by atoms with E-state index in [0.717, 1.165) is 4.47 Å². The quantitative estimate of drug-likeness (QED) is 0.484. The molecule has 11 heavy (non-hydrogen) atoms. The van der Waals surface area contributed by atoms with Gasteiger partial charge in [0.05, 0.1) is 9.56 Å². The summed E-state index contributed by atoms with van der Waals surface area (Å²) in [5, 5.41) is 14.8. The van der Waals surface area contributed by atoms with Crippen molar-refractivity contribution in [3.05, 3.63) is 44.3 Å². The zero-order valence-electron chi connectivity index (χ0n) is 5.36. The van der Waals surface area contributed by atoms with Crippen molar-refractivity contribution >= 4 is 15.9 Å². The van der Waals surface area contributed by atoms with E-state index in [1.165, 1.54) is 0 Å². The Kier molecular flexibility index (Phi) is 5.01. The van der Waals surface area contributed by atoms with Gasteiger partial charge in [-0.2, -0.15) is 0 Å². The standard InChI is InChI=1S/C5H4BrN.NO3/c6-5-2-1-3-7-4-5;2-1(3)4/h1-4H;/q;-1/p+1. The van der Waals surface area contributed by atoms with Crippen molar-refractivity contribution in [2.24, 2.45) is 0 Å². The van der Waals surface area contributed by atoms with Crippen LogP contribution in [0.4, 0.5) is 0 Å². The molecule has 0 fully saturated rings. The highest BCUT2D eigenvalue weighted by Gasteiger charge is 1.81. The summed E-state index contributed by atoms with van der Waals surface area (Å²) in [6, 6.07) is 3.90. The fraction of sp³-hybridized carbons (Fsp3) is 0. The van der Waals surface area contributed by atoms with Crippen LogP contribution in [-0.4, -0.2) is 5.09 Å². The van der Waals surface area contributed by atoms with Crippen molar-refractivity contribution < 1.29 is 10.1 Å². The van der Waals surface area contributed by atoms with E-state index in [9.17, 15) is 0 Å². The van der Waals surface area contributed by atoms with Gasteiger partial charge in [0.2, 0.25) is 0 Å². The molecule has 5 nitrogen and oxygen atoms in total. The molecular weight excluding hydrogens is 216 g/mol. The molecule has 0 spiro atoms. The molecule has 60 valence electrons. The fourth-order valence-corrected chi connectivity index (χ4v) is 0.656. The van der Waals surface area contributed by atoms with Gasteiger partial charge in [-0.15, -0.1) is 0 Å². The molecule has 1 aromatic rings. The number of nitrogens with one attached hydrogen (secondary N) is 1. The van der Waals surface area contributed by atoms with Gasteiger partial charge in [0.1, 0.15) is 0 Å². The number of aromatic nitrogens is 1. The molecular formula is C5H5BrN2O3. The first kappa shape index (κ1) is 9.83. The Bertz CT molecular complexity index is 212. The van der Waals surface area contributed by atoms with E-state index in [-0.39, 0.29) is 0 Å². The Balaban J connectivity index is 0.000000218. The molecule has 0 aliphatic rings. The highest BCUT2D eigenvalue weighted by molar-refractivity contribution is 9.10. The van der Waals surface area contributed by atoms with E-state index in [2.05, 4.69) is 20.9 Å². The lowest BCUT2D eigenvalue weighted by atomic mass is 10.5. The predicted molar refractivity (Wildman–Crippen MR) is 41.1 cm³/mol. The van der Waals surface area contributed by atoms with Crippen LogP contribution in [-0.2, 0) is 0 Å². The summed E-state index contributed by atoms with van der Waals surface area (Å²) < 4.78 is 1.08. The van der Waals surface area contributed by atoms with E-state index in [1.807, 2.05) is 24.5 Å². The van der Waals surface area contributed by atoms with Crippen molar-refractivity contribution in [3.63, 3.8) is 0 Å². The Morgan fingerprint density at radius 2 is 2.09 bits per heavy atom. The lowest BCUT2D eigenvalue weighted by molar-refractivity contribution is -0.402. The molecule has 6 heteroatoms. The molecule has 0 amide bonds. The minimum atomic E-state index is -1.75. The molecule has 0 radical (unpaired) electrons. The van der Waals surface area contributed by atoms with Crippen molar-refractivity contribution in [3.8, 4) is 0 Å². The van der Waals surface area contributed by atoms with Crippen molar-refractivity contribution in [1.29, 1.82) is 0 Å². The Morgan fingerprint density at radius 3 is 2.27 bits per heavy atom. The highest BCUT2D eigenvalue weighted by Crippen LogP contribution is 2.01. The lowest BCUT2D eigenvalue weighted by Crippen LogP contribution is -1.95. The molecule has 0 saturated heterocycles. The van der Waals surface area contributed by atoms with Crippen LogP contribution < -0.4 is 4.98 Å². The smallest absolute Gasteiger partial charge is 0.181 e. The van der Waals surface area contributed by atoms with Gasteiger partial charge in [-0.1, -0.05) is 0 Å². The molecule has 0 unspecified atom stereocenters. The summed E-state index contributed by atoms with van der Waals surface area (Å²) in [5.74, 6) is 0. The van der Waals surface area contributed by atoms with Gasteiger partial charge in [-0.05, 0) is 22.0 Å².